The van der Waals surface area contributed by atoms with Gasteiger partial charge in [-0.2, -0.15) is 0 Å². The summed E-state index contributed by atoms with van der Waals surface area (Å²) in [5, 5.41) is 12.8. The Morgan fingerprint density at radius 2 is 2.15 bits per heavy atom. The zero-order valence-corrected chi connectivity index (χ0v) is 14.7. The Labute approximate surface area is 154 Å². The molecule has 134 valence electrons. The van der Waals surface area contributed by atoms with Gasteiger partial charge in [-0.15, -0.1) is 0 Å². The van der Waals surface area contributed by atoms with E-state index in [9.17, 15) is 14.4 Å². The number of halogens is 2. The van der Waals surface area contributed by atoms with Gasteiger partial charge in [-0.3, -0.25) is 10.2 Å². The fraction of sp³-hybridized carbons (Fsp3) is 0.158. The number of esters is 1. The highest BCUT2D eigenvalue weighted by atomic mass is 35.5. The van der Waals surface area contributed by atoms with Gasteiger partial charge in [0.1, 0.15) is 5.82 Å². The number of hydrogen-bond acceptors (Lipinski definition) is 5. The summed E-state index contributed by atoms with van der Waals surface area (Å²) >= 11 is 6.09. The predicted octanol–water partition coefficient (Wildman–Crippen LogP) is 2.41. The monoisotopic (exact) mass is 374 g/mol. The largest absolute Gasteiger partial charge is 0.463 e. The van der Waals surface area contributed by atoms with Gasteiger partial charge in [0.15, 0.2) is 0 Å². The number of nitrogens with zero attached hydrogens (tertiary/aromatic N) is 2. The average molecular weight is 375 g/mol. The van der Waals surface area contributed by atoms with Crippen LogP contribution in [0.3, 0.4) is 0 Å². The molecule has 0 atom stereocenters. The minimum absolute atomic E-state index is 0.116. The SMILES string of the molecule is CCOC(=O)/C=C1/CN(O)C(c2ccccc2F)=c2cc(Cl)ccc2=N1. The van der Waals surface area contributed by atoms with E-state index in [0.717, 1.165) is 5.06 Å². The van der Waals surface area contributed by atoms with E-state index in [1.54, 1.807) is 43.3 Å². The van der Waals surface area contributed by atoms with Gasteiger partial charge in [0.05, 0.1) is 29.9 Å². The molecule has 1 N–H and O–H groups in total. The van der Waals surface area contributed by atoms with Crippen molar-refractivity contribution in [2.24, 2.45) is 4.99 Å². The van der Waals surface area contributed by atoms with Crippen LogP contribution < -0.4 is 10.6 Å². The number of benzene rings is 2. The van der Waals surface area contributed by atoms with E-state index in [2.05, 4.69) is 4.99 Å². The van der Waals surface area contributed by atoms with E-state index in [1.165, 1.54) is 12.1 Å². The van der Waals surface area contributed by atoms with E-state index < -0.39 is 11.8 Å². The van der Waals surface area contributed by atoms with Crippen molar-refractivity contribution >= 4 is 23.3 Å². The number of hydroxylamine groups is 2. The first kappa shape index (κ1) is 18.1. The minimum atomic E-state index is -0.565. The lowest BCUT2D eigenvalue weighted by Gasteiger charge is -2.20. The van der Waals surface area contributed by atoms with Gasteiger partial charge in [0.25, 0.3) is 0 Å². The second kappa shape index (κ2) is 7.68. The quantitative estimate of drug-likeness (QED) is 0.662. The predicted molar refractivity (Wildman–Crippen MR) is 94.4 cm³/mol. The average Bonchev–Trinajstić information content (AvgIpc) is 2.71. The third-order valence-corrected chi connectivity index (χ3v) is 3.98. The van der Waals surface area contributed by atoms with Crippen molar-refractivity contribution in [2.75, 3.05) is 13.2 Å². The zero-order chi connectivity index (χ0) is 18.7. The van der Waals surface area contributed by atoms with Gasteiger partial charge >= 0.3 is 5.97 Å². The van der Waals surface area contributed by atoms with Crippen molar-refractivity contribution < 1.29 is 19.1 Å². The lowest BCUT2D eigenvalue weighted by Crippen LogP contribution is -2.32. The molecule has 7 heteroatoms. The highest BCUT2D eigenvalue weighted by molar-refractivity contribution is 6.30. The van der Waals surface area contributed by atoms with Crippen molar-refractivity contribution in [3.05, 3.63) is 81.2 Å². The van der Waals surface area contributed by atoms with Crippen LogP contribution in [0.1, 0.15) is 12.5 Å². The molecule has 0 aliphatic carbocycles. The minimum Gasteiger partial charge on any atom is -0.463 e. The Hall–Kier alpha value is -2.70. The van der Waals surface area contributed by atoms with Crippen LogP contribution in [0.4, 0.5) is 4.39 Å². The molecule has 0 amide bonds. The lowest BCUT2D eigenvalue weighted by molar-refractivity contribution is -0.137. The molecule has 5 nitrogen and oxygen atoms in total. The lowest BCUT2D eigenvalue weighted by atomic mass is 10.1. The van der Waals surface area contributed by atoms with Crippen molar-refractivity contribution in [2.45, 2.75) is 6.92 Å². The highest BCUT2D eigenvalue weighted by Gasteiger charge is 2.20. The third-order valence-electron chi connectivity index (χ3n) is 3.75. The summed E-state index contributed by atoms with van der Waals surface area (Å²) in [6.45, 7) is 1.80. The van der Waals surface area contributed by atoms with Crippen molar-refractivity contribution in [1.29, 1.82) is 0 Å². The molecule has 2 aromatic carbocycles. The second-order valence-corrected chi connectivity index (χ2v) is 5.98. The first-order valence-electron chi connectivity index (χ1n) is 7.97. The number of ether oxygens (including phenoxy) is 1. The van der Waals surface area contributed by atoms with E-state index in [4.69, 9.17) is 16.3 Å². The molecule has 0 bridgehead atoms. The molecule has 26 heavy (non-hydrogen) atoms. The number of carbonyl (C=O) groups excluding carboxylic acids is 1. The van der Waals surface area contributed by atoms with E-state index in [1.807, 2.05) is 0 Å². The fourth-order valence-electron chi connectivity index (χ4n) is 2.69. The Kier molecular flexibility index (Phi) is 5.35. The summed E-state index contributed by atoms with van der Waals surface area (Å²) in [5.74, 6) is -1.06. The molecule has 0 saturated heterocycles. The van der Waals surface area contributed by atoms with Crippen LogP contribution in [0.15, 0.2) is 59.2 Å². The second-order valence-electron chi connectivity index (χ2n) is 5.55. The first-order chi connectivity index (χ1) is 12.5. The van der Waals surface area contributed by atoms with E-state index in [0.29, 0.717) is 15.6 Å². The van der Waals surface area contributed by atoms with Crippen LogP contribution in [-0.4, -0.2) is 29.4 Å². The fourth-order valence-corrected chi connectivity index (χ4v) is 2.86. The van der Waals surface area contributed by atoms with Crippen LogP contribution in [0, 0.1) is 5.82 Å². The summed E-state index contributed by atoms with van der Waals surface area (Å²) in [5.41, 5.74) is 0.698. The van der Waals surface area contributed by atoms with Crippen molar-refractivity contribution in [1.82, 2.24) is 5.06 Å². The van der Waals surface area contributed by atoms with Gasteiger partial charge < -0.3 is 4.74 Å². The molecule has 2 aromatic rings. The standard InChI is InChI=1S/C19H16ClFN2O3/c1-2-26-18(24)10-13-11-23(25)19(14-5-3-4-6-16(14)21)15-9-12(20)7-8-17(15)22-13/h3-10,25H,2,11H2,1H3/b13-10-. The maximum absolute atomic E-state index is 14.4. The Balaban J connectivity index is 2.28. The van der Waals surface area contributed by atoms with Gasteiger partial charge in [-0.25, -0.2) is 14.2 Å². The molecule has 0 radical (unpaired) electrons. The topological polar surface area (TPSA) is 62.1 Å². The maximum Gasteiger partial charge on any atom is 0.332 e. The summed E-state index contributed by atoms with van der Waals surface area (Å²) in [7, 11) is 0. The number of carbonyl (C=O) groups is 1. The van der Waals surface area contributed by atoms with E-state index >= 15 is 0 Å². The third kappa shape index (κ3) is 3.76. The summed E-state index contributed by atoms with van der Waals surface area (Å²) in [4.78, 5) is 16.2. The summed E-state index contributed by atoms with van der Waals surface area (Å²) in [6, 6.07) is 11.0. The number of fused-ring (bicyclic) bond motifs is 1. The molecule has 1 aliphatic heterocycles. The zero-order valence-electron chi connectivity index (χ0n) is 13.9. The van der Waals surface area contributed by atoms with Crippen LogP contribution in [0.25, 0.3) is 5.70 Å². The Morgan fingerprint density at radius 3 is 2.88 bits per heavy atom. The summed E-state index contributed by atoms with van der Waals surface area (Å²) < 4.78 is 19.3. The van der Waals surface area contributed by atoms with Crippen LogP contribution in [-0.2, 0) is 9.53 Å². The van der Waals surface area contributed by atoms with E-state index in [-0.39, 0.29) is 30.1 Å². The molecular weight excluding hydrogens is 359 g/mol. The number of hydrogen-bond donors (Lipinski definition) is 1. The number of rotatable bonds is 3. The van der Waals surface area contributed by atoms with Gasteiger partial charge in [-0.05, 0) is 37.3 Å². The normalized spacial score (nSPS) is 15.3. The van der Waals surface area contributed by atoms with Gasteiger partial charge in [0.2, 0.25) is 0 Å². The molecule has 0 saturated carbocycles. The Bertz CT molecular complexity index is 1000. The van der Waals surface area contributed by atoms with Gasteiger partial charge in [0, 0.05) is 21.9 Å². The summed E-state index contributed by atoms with van der Waals surface area (Å²) in [6.07, 6.45) is 1.20. The molecule has 0 spiro atoms. The highest BCUT2D eigenvalue weighted by Crippen LogP contribution is 2.20. The first-order valence-corrected chi connectivity index (χ1v) is 8.34. The molecule has 1 heterocycles. The molecular formula is C19H16ClFN2O3. The van der Waals surface area contributed by atoms with Gasteiger partial charge in [-0.1, -0.05) is 23.7 Å². The van der Waals surface area contributed by atoms with Crippen LogP contribution in [0.5, 0.6) is 0 Å². The Morgan fingerprint density at radius 1 is 1.38 bits per heavy atom. The molecule has 0 unspecified atom stereocenters. The molecule has 3 rings (SSSR count). The van der Waals surface area contributed by atoms with Crippen LogP contribution in [0.2, 0.25) is 5.02 Å². The molecule has 0 aromatic heterocycles. The van der Waals surface area contributed by atoms with Crippen LogP contribution >= 0.6 is 11.6 Å². The molecule has 0 fully saturated rings. The van der Waals surface area contributed by atoms with Crippen molar-refractivity contribution in [3.63, 3.8) is 0 Å². The maximum atomic E-state index is 14.4. The molecule has 1 aliphatic rings. The van der Waals surface area contributed by atoms with Crippen molar-refractivity contribution in [3.8, 4) is 0 Å². The smallest absolute Gasteiger partial charge is 0.332 e.